The second-order valence-corrected chi connectivity index (χ2v) is 4.53. The number of hydrogen-bond donors (Lipinski definition) is 1. The lowest BCUT2D eigenvalue weighted by molar-refractivity contribution is -0.173. The lowest BCUT2D eigenvalue weighted by Gasteiger charge is -2.17. The molecule has 0 aromatic rings. The fraction of sp³-hybridized carbons (Fsp3) is 0.917. The van der Waals surface area contributed by atoms with E-state index in [0.29, 0.717) is 0 Å². The average molecular weight is 248 g/mol. The molecule has 0 radical (unpaired) electrons. The second-order valence-electron chi connectivity index (χ2n) is 3.90. The zero-order valence-electron chi connectivity index (χ0n) is 10.6. The van der Waals surface area contributed by atoms with Gasteiger partial charge in [0, 0.05) is 13.5 Å². The molecule has 16 heavy (non-hydrogen) atoms. The van der Waals surface area contributed by atoms with Crippen molar-refractivity contribution >= 4 is 18.6 Å². The van der Waals surface area contributed by atoms with Crippen molar-refractivity contribution in [3.05, 3.63) is 0 Å². The van der Waals surface area contributed by atoms with E-state index in [1.165, 1.54) is 0 Å². The number of methoxy groups -OCH3 is 1. The first-order valence-electron chi connectivity index (χ1n) is 6.07. The van der Waals surface area contributed by atoms with E-state index in [0.717, 1.165) is 38.5 Å². The second kappa shape index (κ2) is 9.97. The summed E-state index contributed by atoms with van der Waals surface area (Å²) in [5.74, 6) is -0.264. The Bertz CT molecular complexity index is 185. The number of esters is 1. The molecule has 0 spiro atoms. The summed E-state index contributed by atoms with van der Waals surface area (Å²) in [4.78, 5) is 11.6. The van der Waals surface area contributed by atoms with Crippen LogP contribution in [0.3, 0.4) is 0 Å². The molecule has 0 aromatic heterocycles. The minimum atomic E-state index is -0.418. The zero-order chi connectivity index (χ0) is 12.4. The zero-order valence-corrected chi connectivity index (χ0v) is 11.5. The van der Waals surface area contributed by atoms with Crippen LogP contribution in [-0.4, -0.2) is 24.6 Å². The van der Waals surface area contributed by atoms with E-state index >= 15 is 0 Å². The van der Waals surface area contributed by atoms with E-state index in [2.05, 4.69) is 19.6 Å². The normalized spacial score (nSPS) is 14.5. The molecule has 96 valence electrons. The molecule has 0 rings (SSSR count). The Labute approximate surface area is 104 Å². The molecule has 2 unspecified atom stereocenters. The molecule has 0 heterocycles. The third-order valence-corrected chi connectivity index (χ3v) is 2.86. The maximum atomic E-state index is 11.6. The molecule has 0 saturated heterocycles. The predicted octanol–water partition coefficient (Wildman–Crippen LogP) is 3.18. The van der Waals surface area contributed by atoms with E-state index in [-0.39, 0.29) is 11.2 Å². The molecule has 0 N–H and O–H groups in total. The summed E-state index contributed by atoms with van der Waals surface area (Å²) in [6, 6.07) is 0. The number of unbranched alkanes of at least 4 members (excludes halogenated alkanes) is 2. The number of ether oxygens (including phenoxy) is 2. The third-order valence-electron chi connectivity index (χ3n) is 2.39. The minimum Gasteiger partial charge on any atom is -0.435 e. The summed E-state index contributed by atoms with van der Waals surface area (Å²) in [6.45, 7) is 4.16. The van der Waals surface area contributed by atoms with Crippen LogP contribution in [0.5, 0.6) is 0 Å². The van der Waals surface area contributed by atoms with Crippen molar-refractivity contribution in [2.24, 2.45) is 0 Å². The number of thiol groups is 1. The number of hydrogen-bond acceptors (Lipinski definition) is 4. The number of rotatable bonds is 9. The first kappa shape index (κ1) is 15.8. The van der Waals surface area contributed by atoms with Gasteiger partial charge >= 0.3 is 5.97 Å². The topological polar surface area (TPSA) is 35.5 Å². The molecule has 0 amide bonds. The van der Waals surface area contributed by atoms with Crippen LogP contribution in [0.25, 0.3) is 0 Å². The molecule has 0 aliphatic rings. The van der Waals surface area contributed by atoms with Gasteiger partial charge < -0.3 is 9.47 Å². The van der Waals surface area contributed by atoms with Crippen molar-refractivity contribution in [2.45, 2.75) is 63.9 Å². The van der Waals surface area contributed by atoms with Crippen LogP contribution in [0.15, 0.2) is 0 Å². The molecule has 0 aromatic carbocycles. The summed E-state index contributed by atoms with van der Waals surface area (Å²) in [5.41, 5.74) is 0. The van der Waals surface area contributed by atoms with Gasteiger partial charge in [-0.15, -0.1) is 0 Å². The van der Waals surface area contributed by atoms with Crippen LogP contribution in [-0.2, 0) is 14.3 Å². The van der Waals surface area contributed by atoms with Crippen molar-refractivity contribution in [1.82, 2.24) is 0 Å². The Morgan fingerprint density at radius 3 is 2.38 bits per heavy atom. The fourth-order valence-corrected chi connectivity index (χ4v) is 1.62. The standard InChI is InChI=1S/C12H24O3S/c1-4-6-7-9-10(16)12(13)15-11(14-3)8-5-2/h10-11,16H,4-9H2,1-3H3. The van der Waals surface area contributed by atoms with Crippen LogP contribution in [0.4, 0.5) is 0 Å². The molecule has 0 bridgehead atoms. The lowest BCUT2D eigenvalue weighted by Crippen LogP contribution is -2.26. The highest BCUT2D eigenvalue weighted by Crippen LogP contribution is 2.13. The van der Waals surface area contributed by atoms with Crippen LogP contribution >= 0.6 is 12.6 Å². The summed E-state index contributed by atoms with van der Waals surface area (Å²) in [5, 5.41) is -0.318. The summed E-state index contributed by atoms with van der Waals surface area (Å²) < 4.78 is 10.3. The quantitative estimate of drug-likeness (QED) is 0.294. The summed E-state index contributed by atoms with van der Waals surface area (Å²) in [7, 11) is 1.55. The summed E-state index contributed by atoms with van der Waals surface area (Å²) >= 11 is 4.25. The van der Waals surface area contributed by atoms with Crippen molar-refractivity contribution in [1.29, 1.82) is 0 Å². The molecule has 4 heteroatoms. The van der Waals surface area contributed by atoms with Gasteiger partial charge in [-0.2, -0.15) is 12.6 Å². The maximum absolute atomic E-state index is 11.6. The van der Waals surface area contributed by atoms with Crippen molar-refractivity contribution < 1.29 is 14.3 Å². The molecular formula is C12H24O3S. The molecule has 0 aliphatic carbocycles. The van der Waals surface area contributed by atoms with Crippen molar-refractivity contribution in [3.63, 3.8) is 0 Å². The van der Waals surface area contributed by atoms with E-state index in [4.69, 9.17) is 9.47 Å². The fourth-order valence-electron chi connectivity index (χ4n) is 1.37. The van der Waals surface area contributed by atoms with Gasteiger partial charge in [0.25, 0.3) is 0 Å². The molecule has 3 nitrogen and oxygen atoms in total. The van der Waals surface area contributed by atoms with Gasteiger partial charge in [0.2, 0.25) is 6.29 Å². The van der Waals surface area contributed by atoms with E-state index in [9.17, 15) is 4.79 Å². The minimum absolute atomic E-state index is 0.264. The van der Waals surface area contributed by atoms with Crippen molar-refractivity contribution in [2.75, 3.05) is 7.11 Å². The van der Waals surface area contributed by atoms with Crippen LogP contribution in [0, 0.1) is 0 Å². The largest absolute Gasteiger partial charge is 0.435 e. The Kier molecular flexibility index (Phi) is 9.83. The van der Waals surface area contributed by atoms with Gasteiger partial charge in [-0.25, -0.2) is 0 Å². The highest BCUT2D eigenvalue weighted by molar-refractivity contribution is 7.81. The van der Waals surface area contributed by atoms with Gasteiger partial charge in [0.1, 0.15) is 0 Å². The van der Waals surface area contributed by atoms with Gasteiger partial charge in [0.05, 0.1) is 5.25 Å². The van der Waals surface area contributed by atoms with Gasteiger partial charge in [0.15, 0.2) is 0 Å². The van der Waals surface area contributed by atoms with E-state index in [1.807, 2.05) is 6.92 Å². The van der Waals surface area contributed by atoms with Crippen LogP contribution in [0.1, 0.15) is 52.4 Å². The predicted molar refractivity (Wildman–Crippen MR) is 68.7 cm³/mol. The molecule has 0 fully saturated rings. The van der Waals surface area contributed by atoms with E-state index in [1.54, 1.807) is 7.11 Å². The molecular weight excluding hydrogens is 224 g/mol. The Balaban J connectivity index is 3.83. The first-order chi connectivity index (χ1) is 7.65. The van der Waals surface area contributed by atoms with Gasteiger partial charge in [-0.05, 0) is 6.42 Å². The monoisotopic (exact) mass is 248 g/mol. The highest BCUT2D eigenvalue weighted by Gasteiger charge is 2.19. The number of carbonyl (C=O) groups excluding carboxylic acids is 1. The van der Waals surface area contributed by atoms with E-state index < -0.39 is 6.29 Å². The van der Waals surface area contributed by atoms with Gasteiger partial charge in [-0.3, -0.25) is 4.79 Å². The maximum Gasteiger partial charge on any atom is 0.321 e. The van der Waals surface area contributed by atoms with Crippen molar-refractivity contribution in [3.8, 4) is 0 Å². The SMILES string of the molecule is CCCCCC(S)C(=O)OC(CCC)OC. The lowest BCUT2D eigenvalue weighted by atomic mass is 10.1. The first-order valence-corrected chi connectivity index (χ1v) is 6.58. The Hall–Kier alpha value is -0.220. The molecule has 2 atom stereocenters. The molecule has 0 saturated carbocycles. The smallest absolute Gasteiger partial charge is 0.321 e. The highest BCUT2D eigenvalue weighted by atomic mass is 32.1. The van der Waals surface area contributed by atoms with Crippen LogP contribution < -0.4 is 0 Å². The van der Waals surface area contributed by atoms with Crippen LogP contribution in [0.2, 0.25) is 0 Å². The Morgan fingerprint density at radius 2 is 1.88 bits per heavy atom. The number of carbonyl (C=O) groups is 1. The summed E-state index contributed by atoms with van der Waals surface area (Å²) in [6.07, 6.45) is 5.32. The van der Waals surface area contributed by atoms with Gasteiger partial charge in [-0.1, -0.05) is 39.5 Å². The average Bonchev–Trinajstić information content (AvgIpc) is 2.28. The molecule has 0 aliphatic heterocycles. The third kappa shape index (κ3) is 7.12. The Morgan fingerprint density at radius 1 is 1.19 bits per heavy atom.